The van der Waals surface area contributed by atoms with Gasteiger partial charge in [0.2, 0.25) is 0 Å². The Balaban J connectivity index is 1.59. The summed E-state index contributed by atoms with van der Waals surface area (Å²) in [6.07, 6.45) is 3.81. The SMILES string of the molecule is c1ccc(-c2cccc3c2sc2c(-c4cccc5cnc6cccnc6c45)cccc23)cc1. The first kappa shape index (κ1) is 18.5. The van der Waals surface area contributed by atoms with Gasteiger partial charge in [-0.25, -0.2) is 0 Å². The van der Waals surface area contributed by atoms with E-state index < -0.39 is 0 Å². The van der Waals surface area contributed by atoms with Gasteiger partial charge in [0.25, 0.3) is 0 Å². The first-order valence-electron chi connectivity index (χ1n) is 11.0. The molecule has 0 unspecified atom stereocenters. The number of hydrogen-bond acceptors (Lipinski definition) is 3. The van der Waals surface area contributed by atoms with Gasteiger partial charge >= 0.3 is 0 Å². The molecule has 33 heavy (non-hydrogen) atoms. The van der Waals surface area contributed by atoms with Crippen LogP contribution in [0, 0.1) is 0 Å². The molecule has 0 saturated carbocycles. The summed E-state index contributed by atoms with van der Waals surface area (Å²) in [4.78, 5) is 9.34. The van der Waals surface area contributed by atoms with E-state index in [2.05, 4.69) is 89.9 Å². The van der Waals surface area contributed by atoms with Gasteiger partial charge in [-0.2, -0.15) is 0 Å². The second-order valence-corrected chi connectivity index (χ2v) is 9.25. The summed E-state index contributed by atoms with van der Waals surface area (Å²) in [5.74, 6) is 0. The lowest BCUT2D eigenvalue weighted by atomic mass is 9.96. The molecule has 0 fully saturated rings. The van der Waals surface area contributed by atoms with Gasteiger partial charge < -0.3 is 0 Å². The van der Waals surface area contributed by atoms with E-state index in [9.17, 15) is 0 Å². The van der Waals surface area contributed by atoms with Gasteiger partial charge in [-0.3, -0.25) is 9.97 Å². The van der Waals surface area contributed by atoms with Gasteiger partial charge in [-0.05, 0) is 28.8 Å². The number of aromatic nitrogens is 2. The standard InChI is InChI=1S/C30H18N2S/c1-2-8-19(9-3-1)21-11-5-14-24-25-15-6-13-23(30(25)33-29(21)24)22-12-4-10-20-18-32-26-16-7-17-31-28(26)27(20)22/h1-18H. The molecule has 3 heterocycles. The number of nitrogens with zero attached hydrogens (tertiary/aromatic N) is 2. The second-order valence-electron chi connectivity index (χ2n) is 8.23. The Hall–Kier alpha value is -4.08. The van der Waals surface area contributed by atoms with Gasteiger partial charge in [0.1, 0.15) is 0 Å². The van der Waals surface area contributed by atoms with E-state index >= 15 is 0 Å². The van der Waals surface area contributed by atoms with Gasteiger partial charge in [0, 0.05) is 48.9 Å². The molecule has 0 aliphatic rings. The number of fused-ring (bicyclic) bond motifs is 6. The Bertz CT molecular complexity index is 1820. The summed E-state index contributed by atoms with van der Waals surface area (Å²) in [6, 6.07) is 34.4. The molecule has 0 aliphatic carbocycles. The van der Waals surface area contributed by atoms with Gasteiger partial charge in [0.05, 0.1) is 11.0 Å². The molecule has 0 amide bonds. The van der Waals surface area contributed by atoms with Crippen LogP contribution in [0.2, 0.25) is 0 Å². The maximum absolute atomic E-state index is 4.71. The zero-order chi connectivity index (χ0) is 21.8. The van der Waals surface area contributed by atoms with Gasteiger partial charge in [-0.15, -0.1) is 11.3 Å². The summed E-state index contributed by atoms with van der Waals surface area (Å²) in [7, 11) is 0. The average molecular weight is 439 g/mol. The highest BCUT2D eigenvalue weighted by Gasteiger charge is 2.16. The summed E-state index contributed by atoms with van der Waals surface area (Å²) in [5.41, 5.74) is 6.87. The fraction of sp³-hybridized carbons (Fsp3) is 0. The molecule has 3 heteroatoms. The minimum Gasteiger partial charge on any atom is -0.254 e. The average Bonchev–Trinajstić information content (AvgIpc) is 3.28. The van der Waals surface area contributed by atoms with Crippen molar-refractivity contribution in [2.24, 2.45) is 0 Å². The van der Waals surface area contributed by atoms with Crippen LogP contribution in [0.3, 0.4) is 0 Å². The maximum atomic E-state index is 4.71. The number of pyridine rings is 2. The van der Waals surface area contributed by atoms with E-state index in [1.165, 1.54) is 42.4 Å². The van der Waals surface area contributed by atoms with E-state index in [1.807, 2.05) is 35.9 Å². The Morgan fingerprint density at radius 1 is 0.545 bits per heavy atom. The number of rotatable bonds is 2. The highest BCUT2D eigenvalue weighted by atomic mass is 32.1. The summed E-state index contributed by atoms with van der Waals surface area (Å²) in [6.45, 7) is 0. The van der Waals surface area contributed by atoms with Crippen molar-refractivity contribution in [1.29, 1.82) is 0 Å². The lowest BCUT2D eigenvalue weighted by Gasteiger charge is -2.10. The van der Waals surface area contributed by atoms with Crippen molar-refractivity contribution in [3.05, 3.63) is 109 Å². The monoisotopic (exact) mass is 438 g/mol. The lowest BCUT2D eigenvalue weighted by Crippen LogP contribution is -1.88. The quantitative estimate of drug-likeness (QED) is 0.253. The molecule has 7 rings (SSSR count). The van der Waals surface area contributed by atoms with Crippen molar-refractivity contribution < 1.29 is 0 Å². The van der Waals surface area contributed by atoms with Crippen LogP contribution in [-0.4, -0.2) is 9.97 Å². The molecule has 0 saturated heterocycles. The highest BCUT2D eigenvalue weighted by molar-refractivity contribution is 7.26. The summed E-state index contributed by atoms with van der Waals surface area (Å²) < 4.78 is 2.64. The second kappa shape index (κ2) is 7.22. The molecule has 0 bridgehead atoms. The van der Waals surface area contributed by atoms with Crippen LogP contribution in [0.5, 0.6) is 0 Å². The van der Waals surface area contributed by atoms with E-state index in [0.717, 1.165) is 21.8 Å². The van der Waals surface area contributed by atoms with Crippen molar-refractivity contribution >= 4 is 53.3 Å². The first-order chi connectivity index (χ1) is 16.4. The van der Waals surface area contributed by atoms with Crippen molar-refractivity contribution in [2.45, 2.75) is 0 Å². The molecular weight excluding hydrogens is 420 g/mol. The zero-order valence-electron chi connectivity index (χ0n) is 17.7. The third kappa shape index (κ3) is 2.80. The molecule has 0 atom stereocenters. The van der Waals surface area contributed by atoms with Crippen LogP contribution >= 0.6 is 11.3 Å². The molecular formula is C30H18N2S. The van der Waals surface area contributed by atoms with E-state index in [1.54, 1.807) is 0 Å². The number of benzene rings is 4. The normalized spacial score (nSPS) is 11.6. The summed E-state index contributed by atoms with van der Waals surface area (Å²) >= 11 is 1.88. The van der Waals surface area contributed by atoms with Crippen molar-refractivity contribution in [3.8, 4) is 22.3 Å². The van der Waals surface area contributed by atoms with E-state index in [4.69, 9.17) is 4.98 Å². The molecule has 0 N–H and O–H groups in total. The highest BCUT2D eigenvalue weighted by Crippen LogP contribution is 2.45. The Morgan fingerprint density at radius 3 is 2.12 bits per heavy atom. The minimum absolute atomic E-state index is 0.923. The maximum Gasteiger partial charge on any atom is 0.0971 e. The first-order valence-corrected chi connectivity index (χ1v) is 11.8. The lowest BCUT2D eigenvalue weighted by molar-refractivity contribution is 1.36. The number of thiophene rings is 1. The van der Waals surface area contributed by atoms with Crippen LogP contribution in [0.25, 0.3) is 64.2 Å². The molecule has 0 aliphatic heterocycles. The van der Waals surface area contributed by atoms with Crippen LogP contribution in [-0.2, 0) is 0 Å². The third-order valence-corrected chi connectivity index (χ3v) is 7.65. The van der Waals surface area contributed by atoms with Crippen molar-refractivity contribution in [3.63, 3.8) is 0 Å². The topological polar surface area (TPSA) is 25.8 Å². The van der Waals surface area contributed by atoms with Gasteiger partial charge in [-0.1, -0.05) is 84.9 Å². The fourth-order valence-corrected chi connectivity index (χ4v) is 6.24. The van der Waals surface area contributed by atoms with E-state index in [-0.39, 0.29) is 0 Å². The van der Waals surface area contributed by atoms with Gasteiger partial charge in [0.15, 0.2) is 0 Å². The molecule has 4 aromatic carbocycles. The van der Waals surface area contributed by atoms with E-state index in [0.29, 0.717) is 0 Å². The summed E-state index contributed by atoms with van der Waals surface area (Å²) in [5, 5.41) is 4.88. The number of hydrogen-bond donors (Lipinski definition) is 0. The Labute approximate surface area is 194 Å². The zero-order valence-corrected chi connectivity index (χ0v) is 18.5. The van der Waals surface area contributed by atoms with Crippen LogP contribution < -0.4 is 0 Å². The minimum atomic E-state index is 0.923. The van der Waals surface area contributed by atoms with Crippen molar-refractivity contribution in [2.75, 3.05) is 0 Å². The predicted molar refractivity (Wildman–Crippen MR) is 141 cm³/mol. The molecule has 7 aromatic rings. The Kier molecular flexibility index (Phi) is 4.05. The largest absolute Gasteiger partial charge is 0.254 e. The fourth-order valence-electron chi connectivity index (χ4n) is 4.88. The molecule has 154 valence electrons. The molecule has 0 radical (unpaired) electrons. The molecule has 3 aromatic heterocycles. The van der Waals surface area contributed by atoms with Crippen LogP contribution in [0.1, 0.15) is 0 Å². The third-order valence-electron chi connectivity index (χ3n) is 6.36. The Morgan fingerprint density at radius 2 is 1.27 bits per heavy atom. The molecule has 2 nitrogen and oxygen atoms in total. The van der Waals surface area contributed by atoms with Crippen LogP contribution in [0.4, 0.5) is 0 Å². The predicted octanol–water partition coefficient (Wildman–Crippen LogP) is 8.48. The smallest absolute Gasteiger partial charge is 0.0971 e. The molecule has 0 spiro atoms. The van der Waals surface area contributed by atoms with Crippen molar-refractivity contribution in [1.82, 2.24) is 9.97 Å². The van der Waals surface area contributed by atoms with Crippen LogP contribution in [0.15, 0.2) is 109 Å².